The third kappa shape index (κ3) is 3.19. The predicted octanol–water partition coefficient (Wildman–Crippen LogP) is 1.98. The van der Waals surface area contributed by atoms with E-state index in [0.29, 0.717) is 17.9 Å². The Morgan fingerprint density at radius 1 is 1.17 bits per heavy atom. The number of pyridine rings is 2. The maximum Gasteiger partial charge on any atom is 0.257 e. The topological polar surface area (TPSA) is 75.0 Å². The zero-order chi connectivity index (χ0) is 20.7. The molecule has 1 amide bonds. The molecular weight excluding hydrogens is 380 g/mol. The lowest BCUT2D eigenvalue weighted by molar-refractivity contribution is 0.0666. The zero-order valence-corrected chi connectivity index (χ0v) is 17.1. The number of fused-ring (bicyclic) bond motifs is 2. The Bertz CT molecular complexity index is 1140. The van der Waals surface area contributed by atoms with Gasteiger partial charge in [-0.15, -0.1) is 0 Å². The van der Waals surface area contributed by atoms with Crippen LogP contribution in [0.3, 0.4) is 0 Å². The molecule has 5 rings (SSSR count). The monoisotopic (exact) mass is 404 g/mol. The van der Waals surface area contributed by atoms with Crippen LogP contribution in [-0.2, 0) is 0 Å². The van der Waals surface area contributed by atoms with Crippen LogP contribution in [0.25, 0.3) is 11.1 Å². The summed E-state index contributed by atoms with van der Waals surface area (Å²) in [6.07, 6.45) is 7.42. The Balaban J connectivity index is 1.53. The van der Waals surface area contributed by atoms with Crippen LogP contribution >= 0.6 is 0 Å². The number of nitrogens with one attached hydrogen (secondary N) is 1. The summed E-state index contributed by atoms with van der Waals surface area (Å²) in [7, 11) is 3.72. The highest BCUT2D eigenvalue weighted by atomic mass is 16.5. The first-order valence-corrected chi connectivity index (χ1v) is 10.1. The third-order valence-electron chi connectivity index (χ3n) is 5.82. The number of carbonyl (C=O) groups is 1. The fraction of sp³-hybridized carbons (Fsp3) is 0.318. The smallest absolute Gasteiger partial charge is 0.257 e. The van der Waals surface area contributed by atoms with Crippen LogP contribution in [-0.4, -0.2) is 77.2 Å². The van der Waals surface area contributed by atoms with Crippen LogP contribution in [0.4, 0.5) is 5.82 Å². The number of ether oxygens (including phenoxy) is 1. The van der Waals surface area contributed by atoms with Crippen molar-refractivity contribution in [3.8, 4) is 5.75 Å². The van der Waals surface area contributed by atoms with E-state index in [9.17, 15) is 4.79 Å². The van der Waals surface area contributed by atoms with Crippen LogP contribution in [0.15, 0.2) is 42.9 Å². The van der Waals surface area contributed by atoms with Gasteiger partial charge in [0.15, 0.2) is 0 Å². The Morgan fingerprint density at radius 3 is 2.80 bits per heavy atom. The second-order valence-corrected chi connectivity index (χ2v) is 7.67. The summed E-state index contributed by atoms with van der Waals surface area (Å²) >= 11 is 0. The molecule has 3 aromatic heterocycles. The maximum atomic E-state index is 13.2. The molecule has 1 N–H and O–H groups in total. The molecule has 0 aliphatic carbocycles. The fourth-order valence-electron chi connectivity index (χ4n) is 4.03. The van der Waals surface area contributed by atoms with Gasteiger partial charge in [-0.3, -0.25) is 4.79 Å². The zero-order valence-electron chi connectivity index (χ0n) is 17.1. The number of carbonyl (C=O) groups excluding carboxylic acids is 1. The van der Waals surface area contributed by atoms with Crippen molar-refractivity contribution in [3.05, 3.63) is 59.6 Å². The van der Waals surface area contributed by atoms with Crippen molar-refractivity contribution < 1.29 is 9.53 Å². The SMILES string of the molecule is COc1cnc2c(c1)C(c1ccn3ncc(C(=O)N4CCN(C)CC4)c3c1)=CCN2. The average Bonchev–Trinajstić information content (AvgIpc) is 3.21. The molecule has 1 saturated heterocycles. The Morgan fingerprint density at radius 2 is 2.00 bits per heavy atom. The molecule has 154 valence electrons. The first kappa shape index (κ1) is 18.6. The molecule has 8 heteroatoms. The largest absolute Gasteiger partial charge is 0.495 e. The molecular formula is C22H24N6O2. The van der Waals surface area contributed by atoms with E-state index in [1.165, 1.54) is 0 Å². The van der Waals surface area contributed by atoms with E-state index in [4.69, 9.17) is 4.74 Å². The minimum atomic E-state index is 0.0401. The van der Waals surface area contributed by atoms with E-state index >= 15 is 0 Å². The first-order chi connectivity index (χ1) is 14.6. The van der Waals surface area contributed by atoms with Crippen LogP contribution in [0.5, 0.6) is 5.75 Å². The number of amides is 1. The summed E-state index contributed by atoms with van der Waals surface area (Å²) in [5.74, 6) is 1.58. The number of anilines is 1. The number of nitrogens with zero attached hydrogens (tertiary/aromatic N) is 5. The van der Waals surface area contributed by atoms with Gasteiger partial charge in [-0.2, -0.15) is 5.10 Å². The van der Waals surface area contributed by atoms with E-state index in [2.05, 4.69) is 33.4 Å². The normalized spacial score (nSPS) is 16.7. The molecule has 1 fully saturated rings. The Labute approximate surface area is 174 Å². The van der Waals surface area contributed by atoms with E-state index in [1.54, 1.807) is 24.0 Å². The van der Waals surface area contributed by atoms with Gasteiger partial charge in [0, 0.05) is 44.5 Å². The van der Waals surface area contributed by atoms with Gasteiger partial charge in [-0.25, -0.2) is 9.50 Å². The average molecular weight is 404 g/mol. The second-order valence-electron chi connectivity index (χ2n) is 7.67. The highest BCUT2D eigenvalue weighted by Gasteiger charge is 2.24. The lowest BCUT2D eigenvalue weighted by Gasteiger charge is -2.32. The standard InChI is InChI=1S/C22H24N6O2/c1-26-7-9-27(10-8-26)22(29)19-14-25-28-6-4-15(11-20(19)28)17-3-5-23-21-18(17)12-16(30-2)13-24-21/h3-4,6,11-14H,5,7-10H2,1-2H3,(H,23,24). The third-order valence-corrected chi connectivity index (χ3v) is 5.82. The van der Waals surface area contributed by atoms with Crippen molar-refractivity contribution in [1.82, 2.24) is 24.4 Å². The molecule has 0 radical (unpaired) electrons. The van der Waals surface area contributed by atoms with Gasteiger partial charge in [0.25, 0.3) is 5.91 Å². The minimum Gasteiger partial charge on any atom is -0.495 e. The number of rotatable bonds is 3. The van der Waals surface area contributed by atoms with Crippen molar-refractivity contribution in [3.63, 3.8) is 0 Å². The minimum absolute atomic E-state index is 0.0401. The molecule has 0 spiro atoms. The van der Waals surface area contributed by atoms with E-state index in [1.807, 2.05) is 29.3 Å². The van der Waals surface area contributed by atoms with Gasteiger partial charge < -0.3 is 19.9 Å². The van der Waals surface area contributed by atoms with Gasteiger partial charge >= 0.3 is 0 Å². The molecule has 0 aromatic carbocycles. The van der Waals surface area contributed by atoms with Crippen molar-refractivity contribution in [2.24, 2.45) is 0 Å². The molecule has 2 aliphatic heterocycles. The van der Waals surface area contributed by atoms with Crippen LogP contribution in [0.1, 0.15) is 21.5 Å². The predicted molar refractivity (Wildman–Crippen MR) is 115 cm³/mol. The fourth-order valence-corrected chi connectivity index (χ4v) is 4.03. The number of hydrogen-bond donors (Lipinski definition) is 1. The second kappa shape index (κ2) is 7.46. The van der Waals surface area contributed by atoms with E-state index in [0.717, 1.165) is 54.2 Å². The van der Waals surface area contributed by atoms with E-state index < -0.39 is 0 Å². The molecule has 0 bridgehead atoms. The number of aromatic nitrogens is 3. The lowest BCUT2D eigenvalue weighted by atomic mass is 9.96. The Hall–Kier alpha value is -3.39. The highest BCUT2D eigenvalue weighted by Crippen LogP contribution is 2.34. The summed E-state index contributed by atoms with van der Waals surface area (Å²) in [5.41, 5.74) is 4.52. The van der Waals surface area contributed by atoms with Crippen molar-refractivity contribution >= 4 is 22.8 Å². The number of likely N-dealkylation sites (N-methyl/N-ethyl adjacent to an activating group) is 1. The quantitative estimate of drug-likeness (QED) is 0.720. The number of methoxy groups -OCH3 is 1. The van der Waals surface area contributed by atoms with Gasteiger partial charge in [-0.1, -0.05) is 6.08 Å². The summed E-state index contributed by atoms with van der Waals surface area (Å²) in [5, 5.41) is 7.70. The van der Waals surface area contributed by atoms with Gasteiger partial charge in [0.2, 0.25) is 0 Å². The molecule has 30 heavy (non-hydrogen) atoms. The molecule has 2 aliphatic rings. The van der Waals surface area contributed by atoms with Crippen LogP contribution < -0.4 is 10.1 Å². The van der Waals surface area contributed by atoms with E-state index in [-0.39, 0.29) is 5.91 Å². The van der Waals surface area contributed by atoms with Crippen LogP contribution in [0.2, 0.25) is 0 Å². The van der Waals surface area contributed by atoms with Crippen molar-refractivity contribution in [1.29, 1.82) is 0 Å². The van der Waals surface area contributed by atoms with Gasteiger partial charge in [0.1, 0.15) is 11.6 Å². The molecule has 8 nitrogen and oxygen atoms in total. The number of hydrogen-bond acceptors (Lipinski definition) is 6. The summed E-state index contributed by atoms with van der Waals surface area (Å²) < 4.78 is 7.13. The lowest BCUT2D eigenvalue weighted by Crippen LogP contribution is -2.47. The molecule has 3 aromatic rings. The van der Waals surface area contributed by atoms with Crippen LogP contribution in [0, 0.1) is 0 Å². The van der Waals surface area contributed by atoms with Gasteiger partial charge in [-0.05, 0) is 36.4 Å². The molecule has 0 unspecified atom stereocenters. The summed E-state index contributed by atoms with van der Waals surface area (Å²) in [4.78, 5) is 21.8. The molecule has 0 atom stereocenters. The first-order valence-electron chi connectivity index (χ1n) is 10.1. The van der Waals surface area contributed by atoms with Crippen molar-refractivity contribution in [2.75, 3.05) is 52.2 Å². The van der Waals surface area contributed by atoms with Gasteiger partial charge in [0.05, 0.1) is 30.6 Å². The summed E-state index contributed by atoms with van der Waals surface area (Å²) in [6.45, 7) is 3.95. The maximum absolute atomic E-state index is 13.2. The van der Waals surface area contributed by atoms with Crippen molar-refractivity contribution in [2.45, 2.75) is 0 Å². The Kier molecular flexibility index (Phi) is 4.63. The highest BCUT2D eigenvalue weighted by molar-refractivity contribution is 6.01. The summed E-state index contributed by atoms with van der Waals surface area (Å²) in [6, 6.07) is 6.04. The molecule has 0 saturated carbocycles. The molecule has 5 heterocycles. The number of piperazine rings is 1.